The van der Waals surface area contributed by atoms with Crippen LogP contribution in [0.25, 0.3) is 10.2 Å². The van der Waals surface area contributed by atoms with Gasteiger partial charge in [-0.1, -0.05) is 12.1 Å². The Labute approximate surface area is 171 Å². The van der Waals surface area contributed by atoms with Crippen molar-refractivity contribution in [3.05, 3.63) is 77.2 Å². The molecule has 7 heteroatoms. The van der Waals surface area contributed by atoms with Crippen molar-refractivity contribution in [1.29, 1.82) is 0 Å². The van der Waals surface area contributed by atoms with Crippen LogP contribution < -0.4 is 4.74 Å². The Morgan fingerprint density at radius 3 is 2.69 bits per heavy atom. The monoisotopic (exact) mass is 403 g/mol. The summed E-state index contributed by atoms with van der Waals surface area (Å²) in [6.45, 7) is 1.36. The minimum atomic E-state index is -0.0963. The Balaban J connectivity index is 1.36. The molecule has 1 saturated heterocycles. The lowest BCUT2D eigenvalue weighted by Gasteiger charge is -2.12. The number of rotatable bonds is 5. The molecule has 1 atom stereocenters. The van der Waals surface area contributed by atoms with Crippen LogP contribution in [-0.4, -0.2) is 33.9 Å². The number of ketones is 1. The predicted octanol–water partition coefficient (Wildman–Crippen LogP) is 4.61. The van der Waals surface area contributed by atoms with E-state index in [1.807, 2.05) is 24.3 Å². The van der Waals surface area contributed by atoms with Crippen LogP contribution in [0.2, 0.25) is 0 Å². The van der Waals surface area contributed by atoms with Crippen molar-refractivity contribution in [1.82, 2.24) is 15.0 Å². The molecule has 6 nitrogen and oxygen atoms in total. The van der Waals surface area contributed by atoms with Crippen LogP contribution in [0.4, 0.5) is 0 Å². The zero-order valence-electron chi connectivity index (χ0n) is 15.4. The first-order valence-corrected chi connectivity index (χ1v) is 10.2. The number of hydrogen-bond donors (Lipinski definition) is 0. The van der Waals surface area contributed by atoms with Crippen molar-refractivity contribution in [2.75, 3.05) is 13.2 Å². The summed E-state index contributed by atoms with van der Waals surface area (Å²) >= 11 is 1.40. The van der Waals surface area contributed by atoms with Crippen molar-refractivity contribution >= 4 is 27.3 Å². The average molecular weight is 403 g/mol. The minimum Gasteiger partial charge on any atom is -0.437 e. The van der Waals surface area contributed by atoms with Gasteiger partial charge in [-0.2, -0.15) is 0 Å². The zero-order chi connectivity index (χ0) is 19.6. The van der Waals surface area contributed by atoms with Crippen LogP contribution in [0.15, 0.2) is 60.9 Å². The summed E-state index contributed by atoms with van der Waals surface area (Å²) < 4.78 is 12.4. The second-order valence-electron chi connectivity index (χ2n) is 6.75. The number of para-hydroxylation sites is 1. The number of nitrogens with zero attached hydrogens (tertiary/aromatic N) is 3. The van der Waals surface area contributed by atoms with Crippen molar-refractivity contribution in [3.8, 4) is 11.6 Å². The first kappa shape index (κ1) is 17.9. The fourth-order valence-corrected chi connectivity index (χ4v) is 4.25. The molecular formula is C22H17N3O3S. The molecule has 5 rings (SSSR count). The van der Waals surface area contributed by atoms with E-state index in [1.54, 1.807) is 36.7 Å². The molecule has 144 valence electrons. The largest absolute Gasteiger partial charge is 0.437 e. The van der Waals surface area contributed by atoms with Gasteiger partial charge in [-0.15, -0.1) is 11.3 Å². The van der Waals surface area contributed by atoms with E-state index in [2.05, 4.69) is 15.0 Å². The molecule has 2 aromatic carbocycles. The molecule has 0 saturated carbocycles. The summed E-state index contributed by atoms with van der Waals surface area (Å²) in [5, 5.41) is 0.484. The van der Waals surface area contributed by atoms with Crippen molar-refractivity contribution in [2.45, 2.75) is 12.3 Å². The minimum absolute atomic E-state index is 0.0963. The summed E-state index contributed by atoms with van der Waals surface area (Å²) in [7, 11) is 0. The summed E-state index contributed by atoms with van der Waals surface area (Å²) in [6.07, 6.45) is 4.19. The van der Waals surface area contributed by atoms with Gasteiger partial charge in [0.15, 0.2) is 5.01 Å². The Morgan fingerprint density at radius 2 is 1.90 bits per heavy atom. The number of thiazole rings is 1. The fraction of sp³-hybridized carbons (Fsp3) is 0.182. The molecule has 4 aromatic rings. The molecule has 0 radical (unpaired) electrons. The summed E-state index contributed by atoms with van der Waals surface area (Å²) in [4.78, 5) is 26.0. The van der Waals surface area contributed by atoms with E-state index >= 15 is 0 Å². The molecule has 0 aliphatic carbocycles. The fourth-order valence-electron chi connectivity index (χ4n) is 3.32. The van der Waals surface area contributed by atoms with Crippen molar-refractivity contribution < 1.29 is 14.3 Å². The first-order chi connectivity index (χ1) is 14.3. The molecule has 2 aromatic heterocycles. The Hall–Kier alpha value is -3.16. The van der Waals surface area contributed by atoms with Crippen molar-refractivity contribution in [3.63, 3.8) is 0 Å². The Bertz CT molecular complexity index is 1130. The molecular weight excluding hydrogens is 386 g/mol. The second-order valence-corrected chi connectivity index (χ2v) is 7.78. The maximum Gasteiger partial charge on any atom is 0.241 e. The molecule has 1 aliphatic heterocycles. The van der Waals surface area contributed by atoms with Crippen LogP contribution >= 0.6 is 11.3 Å². The standard InChI is InChI=1S/C22H17N3O3S/c26-20(22-25-17-3-1-2-4-18(17)29-22)14-5-7-16(8-6-14)28-21-19(23-10-11-24-21)15-9-12-27-13-15/h1-8,10-11,15H,9,12-13H2/t15-/m1/s1. The number of fused-ring (bicyclic) bond motifs is 1. The van der Waals surface area contributed by atoms with E-state index in [-0.39, 0.29) is 11.7 Å². The van der Waals surface area contributed by atoms with Crippen molar-refractivity contribution in [2.24, 2.45) is 0 Å². The average Bonchev–Trinajstić information content (AvgIpc) is 3.44. The lowest BCUT2D eigenvalue weighted by Crippen LogP contribution is -2.05. The van der Waals surface area contributed by atoms with Gasteiger partial charge in [-0.25, -0.2) is 9.97 Å². The predicted molar refractivity (Wildman–Crippen MR) is 110 cm³/mol. The molecule has 0 bridgehead atoms. The number of aromatic nitrogens is 3. The second kappa shape index (κ2) is 7.69. The van der Waals surface area contributed by atoms with Crippen LogP contribution in [-0.2, 0) is 4.74 Å². The Kier molecular flexibility index (Phi) is 4.75. The number of hydrogen-bond acceptors (Lipinski definition) is 7. The van der Waals surface area contributed by atoms with Gasteiger partial charge in [-0.3, -0.25) is 9.78 Å². The molecule has 3 heterocycles. The number of benzene rings is 2. The quantitative estimate of drug-likeness (QED) is 0.453. The lowest BCUT2D eigenvalue weighted by atomic mass is 10.1. The van der Waals surface area contributed by atoms with Gasteiger partial charge in [0.2, 0.25) is 11.7 Å². The highest BCUT2D eigenvalue weighted by molar-refractivity contribution is 7.20. The van der Waals surface area contributed by atoms with Gasteiger partial charge in [-0.05, 0) is 42.8 Å². The van der Waals surface area contributed by atoms with Gasteiger partial charge in [0.25, 0.3) is 0 Å². The molecule has 0 amide bonds. The molecule has 1 aliphatic rings. The third-order valence-electron chi connectivity index (χ3n) is 4.83. The Morgan fingerprint density at radius 1 is 1.07 bits per heavy atom. The molecule has 0 unspecified atom stereocenters. The maximum atomic E-state index is 12.8. The van der Waals surface area contributed by atoms with Gasteiger partial charge in [0.1, 0.15) is 11.4 Å². The highest BCUT2D eigenvalue weighted by atomic mass is 32.1. The number of carbonyl (C=O) groups excluding carboxylic acids is 1. The normalized spacial score (nSPS) is 16.2. The van der Waals surface area contributed by atoms with Gasteiger partial charge >= 0.3 is 0 Å². The summed E-state index contributed by atoms with van der Waals surface area (Å²) in [5.74, 6) is 1.18. The third-order valence-corrected chi connectivity index (χ3v) is 5.86. The smallest absolute Gasteiger partial charge is 0.241 e. The SMILES string of the molecule is O=C(c1ccc(Oc2nccnc2[C@@H]2CCOC2)cc1)c1nc2ccccc2s1. The highest BCUT2D eigenvalue weighted by Gasteiger charge is 2.24. The summed E-state index contributed by atoms with van der Waals surface area (Å²) in [6, 6.07) is 14.8. The van der Waals surface area contributed by atoms with E-state index in [9.17, 15) is 4.79 Å². The van der Waals surface area contributed by atoms with E-state index in [4.69, 9.17) is 9.47 Å². The number of carbonyl (C=O) groups is 1. The van der Waals surface area contributed by atoms with Crippen LogP contribution in [0.1, 0.15) is 33.4 Å². The van der Waals surface area contributed by atoms with Crippen LogP contribution in [0, 0.1) is 0 Å². The molecule has 0 spiro atoms. The topological polar surface area (TPSA) is 74.2 Å². The first-order valence-electron chi connectivity index (χ1n) is 9.35. The van der Waals surface area contributed by atoms with Gasteiger partial charge in [0.05, 0.1) is 16.8 Å². The lowest BCUT2D eigenvalue weighted by molar-refractivity contribution is 0.103. The van der Waals surface area contributed by atoms with Crippen LogP contribution in [0.3, 0.4) is 0 Å². The zero-order valence-corrected chi connectivity index (χ0v) is 16.3. The molecule has 29 heavy (non-hydrogen) atoms. The van der Waals surface area contributed by atoms with Gasteiger partial charge < -0.3 is 9.47 Å². The van der Waals surface area contributed by atoms with Crippen LogP contribution in [0.5, 0.6) is 11.6 Å². The highest BCUT2D eigenvalue weighted by Crippen LogP contribution is 2.32. The van der Waals surface area contributed by atoms with E-state index in [0.717, 1.165) is 28.9 Å². The van der Waals surface area contributed by atoms with Gasteiger partial charge in [0, 0.05) is 30.5 Å². The maximum absolute atomic E-state index is 12.8. The molecule has 0 N–H and O–H groups in total. The summed E-state index contributed by atoms with van der Waals surface area (Å²) in [5.41, 5.74) is 2.21. The van der Waals surface area contributed by atoms with E-state index < -0.39 is 0 Å². The van der Waals surface area contributed by atoms with E-state index in [1.165, 1.54) is 11.3 Å². The third kappa shape index (κ3) is 3.62. The van der Waals surface area contributed by atoms with E-state index in [0.29, 0.717) is 28.8 Å². The molecule has 1 fully saturated rings. The number of ether oxygens (including phenoxy) is 2.